The van der Waals surface area contributed by atoms with E-state index < -0.39 is 0 Å². The summed E-state index contributed by atoms with van der Waals surface area (Å²) in [5.41, 5.74) is 3.55. The maximum absolute atomic E-state index is 12.2. The van der Waals surface area contributed by atoms with Crippen LogP contribution in [0.1, 0.15) is 29.8 Å². The van der Waals surface area contributed by atoms with Crippen molar-refractivity contribution in [1.82, 2.24) is 29.5 Å². The zero-order chi connectivity index (χ0) is 19.1. The number of aromatic nitrogens is 4. The van der Waals surface area contributed by atoms with Crippen LogP contribution in [0.15, 0.2) is 35.3 Å². The first-order valence-electron chi connectivity index (χ1n) is 10.1. The largest absolute Gasteiger partial charge is 0.309 e. The van der Waals surface area contributed by atoms with Crippen molar-refractivity contribution in [3.05, 3.63) is 57.8 Å². The number of H-pyrrole nitrogens is 1. The molecule has 7 heteroatoms. The SMILES string of the molecule is Cn1ncc2c(=O)[nH]c(CN3CCC(N4CCc5ccccc5C4)CC3)nc21. The minimum atomic E-state index is -0.102. The molecule has 0 amide bonds. The first kappa shape index (κ1) is 17.6. The highest BCUT2D eigenvalue weighted by molar-refractivity contribution is 5.72. The van der Waals surface area contributed by atoms with Gasteiger partial charge in [-0.25, -0.2) is 4.98 Å². The summed E-state index contributed by atoms with van der Waals surface area (Å²) in [5, 5.41) is 4.69. The summed E-state index contributed by atoms with van der Waals surface area (Å²) in [7, 11) is 1.82. The quantitative estimate of drug-likeness (QED) is 0.751. The minimum Gasteiger partial charge on any atom is -0.309 e. The molecule has 146 valence electrons. The fourth-order valence-electron chi connectivity index (χ4n) is 4.64. The highest BCUT2D eigenvalue weighted by Crippen LogP contribution is 2.25. The van der Waals surface area contributed by atoms with Gasteiger partial charge in [-0.3, -0.25) is 19.3 Å². The van der Waals surface area contributed by atoms with E-state index in [-0.39, 0.29) is 5.56 Å². The van der Waals surface area contributed by atoms with Crippen LogP contribution < -0.4 is 5.56 Å². The second-order valence-electron chi connectivity index (χ2n) is 8.01. The van der Waals surface area contributed by atoms with Crippen LogP contribution >= 0.6 is 0 Å². The Bertz CT molecular complexity index is 1050. The van der Waals surface area contributed by atoms with Gasteiger partial charge in [0.25, 0.3) is 5.56 Å². The third-order valence-corrected chi connectivity index (χ3v) is 6.26. The molecule has 0 unspecified atom stereocenters. The average Bonchev–Trinajstić information content (AvgIpc) is 3.10. The maximum atomic E-state index is 12.2. The van der Waals surface area contributed by atoms with Gasteiger partial charge in [0.05, 0.1) is 12.7 Å². The van der Waals surface area contributed by atoms with Gasteiger partial charge in [0, 0.05) is 39.3 Å². The Kier molecular flexibility index (Phi) is 4.49. The molecular formula is C21H26N6O. The van der Waals surface area contributed by atoms with Gasteiger partial charge < -0.3 is 4.98 Å². The number of hydrogen-bond acceptors (Lipinski definition) is 5. The minimum absolute atomic E-state index is 0.102. The van der Waals surface area contributed by atoms with E-state index in [9.17, 15) is 4.79 Å². The second kappa shape index (κ2) is 7.14. The molecule has 2 aliphatic heterocycles. The fraction of sp³-hybridized carbons (Fsp3) is 0.476. The van der Waals surface area contributed by atoms with Crippen molar-refractivity contribution in [2.24, 2.45) is 7.05 Å². The normalized spacial score (nSPS) is 19.2. The lowest BCUT2D eigenvalue weighted by molar-refractivity contribution is 0.0937. The molecule has 28 heavy (non-hydrogen) atoms. The summed E-state index contributed by atoms with van der Waals surface area (Å²) >= 11 is 0. The van der Waals surface area contributed by atoms with E-state index in [0.717, 1.165) is 38.4 Å². The standard InChI is InChI=1S/C21H26N6O/c1-25-20-18(12-22-25)21(28)24-19(23-20)14-26-9-7-17(8-10-26)27-11-6-15-4-2-3-5-16(15)13-27/h2-5,12,17H,6-11,13-14H2,1H3,(H,23,24,28). The molecular weight excluding hydrogens is 352 g/mol. The Morgan fingerprint density at radius 2 is 1.93 bits per heavy atom. The lowest BCUT2D eigenvalue weighted by Gasteiger charge is -2.40. The highest BCUT2D eigenvalue weighted by Gasteiger charge is 2.27. The van der Waals surface area contributed by atoms with Gasteiger partial charge in [-0.05, 0) is 30.4 Å². The van der Waals surface area contributed by atoms with Gasteiger partial charge >= 0.3 is 0 Å². The molecule has 5 rings (SSSR count). The molecule has 1 aromatic carbocycles. The molecule has 2 aliphatic rings. The lowest BCUT2D eigenvalue weighted by Crippen LogP contribution is -2.46. The first-order valence-corrected chi connectivity index (χ1v) is 10.1. The Balaban J connectivity index is 1.22. The van der Waals surface area contributed by atoms with E-state index >= 15 is 0 Å². The summed E-state index contributed by atoms with van der Waals surface area (Å²) in [6.45, 7) is 5.00. The number of piperidine rings is 1. The summed E-state index contributed by atoms with van der Waals surface area (Å²) in [6, 6.07) is 9.48. The molecule has 4 heterocycles. The van der Waals surface area contributed by atoms with E-state index in [0.29, 0.717) is 23.6 Å². The van der Waals surface area contributed by atoms with Crippen LogP contribution in [0.4, 0.5) is 0 Å². The number of nitrogens with zero attached hydrogens (tertiary/aromatic N) is 5. The van der Waals surface area contributed by atoms with Crippen molar-refractivity contribution in [2.75, 3.05) is 19.6 Å². The number of fused-ring (bicyclic) bond motifs is 2. The predicted molar refractivity (Wildman–Crippen MR) is 108 cm³/mol. The predicted octanol–water partition coefficient (Wildman–Crippen LogP) is 1.68. The van der Waals surface area contributed by atoms with Crippen LogP contribution in [0.2, 0.25) is 0 Å². The monoisotopic (exact) mass is 378 g/mol. The van der Waals surface area contributed by atoms with Gasteiger partial charge in [-0.2, -0.15) is 5.10 Å². The molecule has 1 fully saturated rings. The Hall–Kier alpha value is -2.51. The lowest BCUT2D eigenvalue weighted by atomic mass is 9.95. The number of aromatic amines is 1. The van der Waals surface area contributed by atoms with Crippen molar-refractivity contribution in [1.29, 1.82) is 0 Å². The molecule has 2 aromatic heterocycles. The van der Waals surface area contributed by atoms with Crippen LogP contribution in [0.3, 0.4) is 0 Å². The number of nitrogens with one attached hydrogen (secondary N) is 1. The molecule has 0 radical (unpaired) electrons. The molecule has 0 bridgehead atoms. The van der Waals surface area contributed by atoms with E-state index in [4.69, 9.17) is 0 Å². The number of hydrogen-bond donors (Lipinski definition) is 1. The zero-order valence-corrected chi connectivity index (χ0v) is 16.3. The molecule has 0 aliphatic carbocycles. The average molecular weight is 378 g/mol. The molecule has 3 aromatic rings. The molecule has 1 saturated heterocycles. The van der Waals surface area contributed by atoms with Crippen LogP contribution in [0.25, 0.3) is 11.0 Å². The number of rotatable bonds is 3. The number of benzene rings is 1. The van der Waals surface area contributed by atoms with Crippen LogP contribution in [-0.4, -0.2) is 55.2 Å². The number of aryl methyl sites for hydroxylation is 1. The van der Waals surface area contributed by atoms with Crippen LogP contribution in [0.5, 0.6) is 0 Å². The summed E-state index contributed by atoms with van der Waals surface area (Å²) in [4.78, 5) is 24.8. The van der Waals surface area contributed by atoms with Crippen LogP contribution in [-0.2, 0) is 26.6 Å². The third-order valence-electron chi connectivity index (χ3n) is 6.26. The molecule has 0 spiro atoms. The van der Waals surface area contributed by atoms with E-state index in [1.54, 1.807) is 10.9 Å². The van der Waals surface area contributed by atoms with Crippen molar-refractivity contribution in [2.45, 2.75) is 38.4 Å². The maximum Gasteiger partial charge on any atom is 0.262 e. The third kappa shape index (κ3) is 3.25. The van der Waals surface area contributed by atoms with Gasteiger partial charge in [0.15, 0.2) is 5.65 Å². The van der Waals surface area contributed by atoms with Crippen molar-refractivity contribution < 1.29 is 0 Å². The van der Waals surface area contributed by atoms with Crippen LogP contribution in [0, 0.1) is 0 Å². The van der Waals surface area contributed by atoms with Crippen molar-refractivity contribution in [3.8, 4) is 0 Å². The summed E-state index contributed by atoms with van der Waals surface area (Å²) in [6.07, 6.45) is 5.07. The van der Waals surface area contributed by atoms with Gasteiger partial charge in [-0.1, -0.05) is 24.3 Å². The first-order chi connectivity index (χ1) is 13.7. The summed E-state index contributed by atoms with van der Waals surface area (Å²) < 4.78 is 1.66. The number of likely N-dealkylation sites (tertiary alicyclic amines) is 1. The van der Waals surface area contributed by atoms with E-state index in [1.165, 1.54) is 24.0 Å². The Morgan fingerprint density at radius 3 is 2.75 bits per heavy atom. The molecule has 0 atom stereocenters. The smallest absolute Gasteiger partial charge is 0.262 e. The van der Waals surface area contributed by atoms with E-state index in [1.807, 2.05) is 7.05 Å². The fourth-order valence-corrected chi connectivity index (χ4v) is 4.64. The molecule has 0 saturated carbocycles. The van der Waals surface area contributed by atoms with Crippen molar-refractivity contribution >= 4 is 11.0 Å². The topological polar surface area (TPSA) is 70.1 Å². The zero-order valence-electron chi connectivity index (χ0n) is 16.3. The summed E-state index contributed by atoms with van der Waals surface area (Å²) in [5.74, 6) is 0.728. The highest BCUT2D eigenvalue weighted by atomic mass is 16.1. The second-order valence-corrected chi connectivity index (χ2v) is 8.01. The molecule has 1 N–H and O–H groups in total. The van der Waals surface area contributed by atoms with Crippen molar-refractivity contribution in [3.63, 3.8) is 0 Å². The van der Waals surface area contributed by atoms with E-state index in [2.05, 4.69) is 49.1 Å². The van der Waals surface area contributed by atoms with Gasteiger partial charge in [-0.15, -0.1) is 0 Å². The molecule has 7 nitrogen and oxygen atoms in total. The Morgan fingerprint density at radius 1 is 1.14 bits per heavy atom. The van der Waals surface area contributed by atoms with Gasteiger partial charge in [0.2, 0.25) is 0 Å². The Labute approximate surface area is 164 Å². The van der Waals surface area contributed by atoms with Gasteiger partial charge in [0.1, 0.15) is 11.2 Å².